The summed E-state index contributed by atoms with van der Waals surface area (Å²) in [5.41, 5.74) is 1.21. The molecule has 19 heavy (non-hydrogen) atoms. The lowest BCUT2D eigenvalue weighted by molar-refractivity contribution is 0.803. The summed E-state index contributed by atoms with van der Waals surface area (Å²) >= 11 is 9.24. The SMILES string of the molecule is CNCc1ccc(Cl)cc1Sc1nnc(N(C)C)s1. The Bertz CT molecular complexity index is 556. The Labute approximate surface area is 126 Å². The van der Waals surface area contributed by atoms with Crippen molar-refractivity contribution >= 4 is 39.8 Å². The number of rotatable bonds is 5. The first kappa shape index (κ1) is 14.6. The van der Waals surface area contributed by atoms with Gasteiger partial charge in [-0.3, -0.25) is 0 Å². The number of hydrogen-bond acceptors (Lipinski definition) is 6. The first-order chi connectivity index (χ1) is 9.10. The normalized spacial score (nSPS) is 10.7. The van der Waals surface area contributed by atoms with Crippen LogP contribution >= 0.6 is 34.7 Å². The average molecular weight is 315 g/mol. The number of halogens is 1. The highest BCUT2D eigenvalue weighted by Crippen LogP contribution is 2.35. The predicted molar refractivity (Wildman–Crippen MR) is 82.6 cm³/mol. The first-order valence-electron chi connectivity index (χ1n) is 5.72. The highest BCUT2D eigenvalue weighted by atomic mass is 35.5. The molecule has 7 heteroatoms. The molecule has 0 atom stereocenters. The van der Waals surface area contributed by atoms with Gasteiger partial charge in [-0.15, -0.1) is 10.2 Å². The van der Waals surface area contributed by atoms with E-state index in [9.17, 15) is 0 Å². The van der Waals surface area contributed by atoms with E-state index in [0.29, 0.717) is 0 Å². The van der Waals surface area contributed by atoms with Gasteiger partial charge in [-0.2, -0.15) is 0 Å². The van der Waals surface area contributed by atoms with Crippen LogP contribution < -0.4 is 10.2 Å². The van der Waals surface area contributed by atoms with Crippen LogP contribution in [0, 0.1) is 0 Å². The lowest BCUT2D eigenvalue weighted by Gasteiger charge is -2.07. The highest BCUT2D eigenvalue weighted by molar-refractivity contribution is 8.01. The van der Waals surface area contributed by atoms with Gasteiger partial charge in [0.25, 0.3) is 0 Å². The van der Waals surface area contributed by atoms with Crippen molar-refractivity contribution in [2.75, 3.05) is 26.0 Å². The van der Waals surface area contributed by atoms with Crippen molar-refractivity contribution in [3.8, 4) is 0 Å². The van der Waals surface area contributed by atoms with Crippen LogP contribution in [-0.2, 0) is 6.54 Å². The van der Waals surface area contributed by atoms with Crippen molar-refractivity contribution < 1.29 is 0 Å². The molecule has 0 aliphatic heterocycles. The molecule has 0 saturated carbocycles. The molecule has 0 saturated heterocycles. The minimum atomic E-state index is 0.736. The van der Waals surface area contributed by atoms with Crippen LogP contribution in [0.25, 0.3) is 0 Å². The second-order valence-electron chi connectivity index (χ2n) is 4.13. The van der Waals surface area contributed by atoms with Crippen LogP contribution in [0.5, 0.6) is 0 Å². The molecule has 2 aromatic rings. The van der Waals surface area contributed by atoms with Gasteiger partial charge in [0.15, 0.2) is 4.34 Å². The van der Waals surface area contributed by atoms with E-state index >= 15 is 0 Å². The lowest BCUT2D eigenvalue weighted by Crippen LogP contribution is -2.07. The number of hydrogen-bond donors (Lipinski definition) is 1. The van der Waals surface area contributed by atoms with E-state index in [2.05, 4.69) is 15.5 Å². The van der Waals surface area contributed by atoms with Gasteiger partial charge in [0.1, 0.15) is 0 Å². The second-order valence-corrected chi connectivity index (χ2v) is 6.81. The lowest BCUT2D eigenvalue weighted by atomic mass is 10.2. The van der Waals surface area contributed by atoms with Crippen LogP contribution in [0.2, 0.25) is 5.02 Å². The molecule has 4 nitrogen and oxygen atoms in total. The fraction of sp³-hybridized carbons (Fsp3) is 0.333. The number of nitrogens with one attached hydrogen (secondary N) is 1. The third-order valence-corrected chi connectivity index (χ3v) is 4.85. The Hall–Kier alpha value is -0.820. The van der Waals surface area contributed by atoms with Crippen molar-refractivity contribution in [2.45, 2.75) is 15.8 Å². The molecule has 0 radical (unpaired) electrons. The maximum atomic E-state index is 6.06. The van der Waals surface area contributed by atoms with Gasteiger partial charge >= 0.3 is 0 Å². The zero-order valence-corrected chi connectivity index (χ0v) is 13.4. The fourth-order valence-electron chi connectivity index (χ4n) is 1.48. The highest BCUT2D eigenvalue weighted by Gasteiger charge is 2.10. The molecule has 102 valence electrons. The molecular formula is C12H15ClN4S2. The Morgan fingerprint density at radius 3 is 2.79 bits per heavy atom. The van der Waals surface area contributed by atoms with Crippen LogP contribution in [0.4, 0.5) is 5.13 Å². The second kappa shape index (κ2) is 6.56. The van der Waals surface area contributed by atoms with Gasteiger partial charge in [-0.25, -0.2) is 0 Å². The van der Waals surface area contributed by atoms with E-state index in [1.165, 1.54) is 5.56 Å². The Balaban J connectivity index is 2.23. The molecule has 0 bridgehead atoms. The summed E-state index contributed by atoms with van der Waals surface area (Å²) in [6.45, 7) is 0.804. The van der Waals surface area contributed by atoms with E-state index in [1.807, 2.05) is 44.2 Å². The van der Waals surface area contributed by atoms with Gasteiger partial charge in [-0.1, -0.05) is 40.8 Å². The molecule has 1 heterocycles. The van der Waals surface area contributed by atoms with Crippen LogP contribution in [0.3, 0.4) is 0 Å². The average Bonchev–Trinajstić information content (AvgIpc) is 2.81. The summed E-state index contributed by atoms with van der Waals surface area (Å²) in [6.07, 6.45) is 0. The summed E-state index contributed by atoms with van der Waals surface area (Å²) in [5.74, 6) is 0. The van der Waals surface area contributed by atoms with Crippen LogP contribution in [-0.4, -0.2) is 31.3 Å². The molecule has 2 rings (SSSR count). The molecule has 0 aliphatic carbocycles. The maximum absolute atomic E-state index is 6.06. The van der Waals surface area contributed by atoms with Gasteiger partial charge < -0.3 is 10.2 Å². The van der Waals surface area contributed by atoms with Gasteiger partial charge in [-0.05, 0) is 24.7 Å². The monoisotopic (exact) mass is 314 g/mol. The molecule has 0 amide bonds. The maximum Gasteiger partial charge on any atom is 0.208 e. The minimum absolute atomic E-state index is 0.736. The van der Waals surface area contributed by atoms with Gasteiger partial charge in [0.05, 0.1) is 0 Å². The minimum Gasteiger partial charge on any atom is -0.353 e. The first-order valence-corrected chi connectivity index (χ1v) is 7.73. The molecule has 0 unspecified atom stereocenters. The van der Waals surface area contributed by atoms with Gasteiger partial charge in [0.2, 0.25) is 5.13 Å². The molecule has 1 aromatic heterocycles. The quantitative estimate of drug-likeness (QED) is 0.918. The van der Waals surface area contributed by atoms with Gasteiger partial charge in [0, 0.05) is 30.6 Å². The third-order valence-electron chi connectivity index (χ3n) is 2.37. The molecule has 1 aromatic carbocycles. The van der Waals surface area contributed by atoms with E-state index in [1.54, 1.807) is 23.1 Å². The number of anilines is 1. The summed E-state index contributed by atoms with van der Waals surface area (Å²) in [7, 11) is 5.85. The van der Waals surface area contributed by atoms with Crippen molar-refractivity contribution in [2.24, 2.45) is 0 Å². The predicted octanol–water partition coefficient (Wildman–Crippen LogP) is 3.13. The van der Waals surface area contributed by atoms with Crippen molar-refractivity contribution in [1.29, 1.82) is 0 Å². The molecule has 0 spiro atoms. The molecule has 0 fully saturated rings. The van der Waals surface area contributed by atoms with Crippen LogP contribution in [0.1, 0.15) is 5.56 Å². The number of nitrogens with zero attached hydrogens (tertiary/aromatic N) is 3. The summed E-state index contributed by atoms with van der Waals surface area (Å²) in [4.78, 5) is 3.07. The standard InChI is InChI=1S/C12H15ClN4S2/c1-14-7-8-4-5-9(13)6-10(8)18-12-16-15-11(19-12)17(2)3/h4-6,14H,7H2,1-3H3. The topological polar surface area (TPSA) is 41.1 Å². The molecule has 0 aliphatic rings. The van der Waals surface area contributed by atoms with E-state index in [0.717, 1.165) is 25.9 Å². The smallest absolute Gasteiger partial charge is 0.208 e. The third kappa shape index (κ3) is 3.82. The van der Waals surface area contributed by atoms with Crippen LogP contribution in [0.15, 0.2) is 27.4 Å². The summed E-state index contributed by atoms with van der Waals surface area (Å²) in [5, 5.41) is 13.1. The van der Waals surface area contributed by atoms with Crippen molar-refractivity contribution in [3.05, 3.63) is 28.8 Å². The zero-order chi connectivity index (χ0) is 13.8. The van der Waals surface area contributed by atoms with Crippen molar-refractivity contribution in [1.82, 2.24) is 15.5 Å². The molecule has 1 N–H and O–H groups in total. The number of benzene rings is 1. The van der Waals surface area contributed by atoms with Crippen molar-refractivity contribution in [3.63, 3.8) is 0 Å². The molecular weight excluding hydrogens is 300 g/mol. The van der Waals surface area contributed by atoms with E-state index in [4.69, 9.17) is 11.6 Å². The largest absolute Gasteiger partial charge is 0.353 e. The Morgan fingerprint density at radius 1 is 1.37 bits per heavy atom. The fourth-order valence-corrected chi connectivity index (χ4v) is 3.60. The Kier molecular flexibility index (Phi) is 5.04. The van der Waals surface area contributed by atoms with E-state index < -0.39 is 0 Å². The summed E-state index contributed by atoms with van der Waals surface area (Å²) < 4.78 is 0.920. The Morgan fingerprint density at radius 2 is 2.16 bits per heavy atom. The zero-order valence-electron chi connectivity index (χ0n) is 11.0. The van der Waals surface area contributed by atoms with E-state index in [-0.39, 0.29) is 0 Å². The summed E-state index contributed by atoms with van der Waals surface area (Å²) in [6, 6.07) is 5.91. The number of aromatic nitrogens is 2.